The highest BCUT2D eigenvalue weighted by Gasteiger charge is 2.29. The van der Waals surface area contributed by atoms with E-state index in [1.165, 1.54) is 11.1 Å². The Labute approximate surface area is 126 Å². The summed E-state index contributed by atoms with van der Waals surface area (Å²) in [7, 11) is 0. The zero-order chi connectivity index (χ0) is 14.8. The van der Waals surface area contributed by atoms with Crippen LogP contribution in [0.1, 0.15) is 47.6 Å². The number of fused-ring (bicyclic) bond motifs is 1. The van der Waals surface area contributed by atoms with Gasteiger partial charge in [0.15, 0.2) is 0 Å². The van der Waals surface area contributed by atoms with E-state index in [0.717, 1.165) is 30.5 Å². The molecule has 0 aliphatic heterocycles. The Morgan fingerprint density at radius 2 is 2.05 bits per heavy atom. The molecule has 0 radical (unpaired) electrons. The van der Waals surface area contributed by atoms with E-state index in [2.05, 4.69) is 36.5 Å². The molecular weight excluding hydrogens is 261 g/mol. The Hall–Kier alpha value is -1.67. The van der Waals surface area contributed by atoms with Gasteiger partial charge in [-0.15, -0.1) is 0 Å². The predicted octanol–water partition coefficient (Wildman–Crippen LogP) is 4.51. The maximum absolute atomic E-state index is 14.3. The summed E-state index contributed by atoms with van der Waals surface area (Å²) in [6, 6.07) is 14.2. The number of hydrogen-bond donors (Lipinski definition) is 1. The summed E-state index contributed by atoms with van der Waals surface area (Å²) < 4.78 is 14.3. The minimum absolute atomic E-state index is 0.0893. The molecule has 0 amide bonds. The number of nitrogens with one attached hydrogen (secondary N) is 1. The van der Waals surface area contributed by atoms with Gasteiger partial charge in [-0.2, -0.15) is 0 Å². The smallest absolute Gasteiger partial charge is 0.128 e. The van der Waals surface area contributed by atoms with E-state index in [9.17, 15) is 4.39 Å². The van der Waals surface area contributed by atoms with Gasteiger partial charge in [0.05, 0.1) is 0 Å². The molecule has 0 spiro atoms. The topological polar surface area (TPSA) is 12.0 Å². The van der Waals surface area contributed by atoms with Gasteiger partial charge in [-0.25, -0.2) is 4.39 Å². The molecule has 2 unspecified atom stereocenters. The van der Waals surface area contributed by atoms with Crippen LogP contribution in [-0.4, -0.2) is 6.54 Å². The van der Waals surface area contributed by atoms with Crippen molar-refractivity contribution in [3.63, 3.8) is 0 Å². The van der Waals surface area contributed by atoms with E-state index in [1.54, 1.807) is 6.07 Å². The van der Waals surface area contributed by atoms with Crippen LogP contribution in [0.4, 0.5) is 4.39 Å². The SMILES string of the molecule is CCNC(CC1Cc2ccccc21)c1ccc(C)cc1F. The molecule has 0 heterocycles. The van der Waals surface area contributed by atoms with E-state index in [-0.39, 0.29) is 11.9 Å². The molecule has 2 heteroatoms. The van der Waals surface area contributed by atoms with E-state index in [4.69, 9.17) is 0 Å². The molecule has 1 aliphatic rings. The van der Waals surface area contributed by atoms with Gasteiger partial charge in [0, 0.05) is 11.6 Å². The Bertz CT molecular complexity index is 635. The fraction of sp³-hybridized carbons (Fsp3) is 0.368. The van der Waals surface area contributed by atoms with Gasteiger partial charge >= 0.3 is 0 Å². The number of benzene rings is 2. The summed E-state index contributed by atoms with van der Waals surface area (Å²) in [5.74, 6) is 0.458. The molecule has 2 aromatic carbocycles. The van der Waals surface area contributed by atoms with Crippen LogP contribution in [0.25, 0.3) is 0 Å². The lowest BCUT2D eigenvalue weighted by atomic mass is 9.73. The molecule has 0 saturated carbocycles. The molecule has 0 aromatic heterocycles. The normalized spacial score (nSPS) is 18.0. The van der Waals surface area contributed by atoms with Crippen LogP contribution in [-0.2, 0) is 6.42 Å². The highest BCUT2D eigenvalue weighted by Crippen LogP contribution is 2.41. The largest absolute Gasteiger partial charge is 0.310 e. The molecule has 0 saturated heterocycles. The van der Waals surface area contributed by atoms with Crippen molar-refractivity contribution >= 4 is 0 Å². The first-order chi connectivity index (χ1) is 10.2. The zero-order valence-corrected chi connectivity index (χ0v) is 12.7. The second-order valence-electron chi connectivity index (χ2n) is 5.97. The van der Waals surface area contributed by atoms with Crippen molar-refractivity contribution < 1.29 is 4.39 Å². The number of hydrogen-bond acceptors (Lipinski definition) is 1. The van der Waals surface area contributed by atoms with E-state index in [0.29, 0.717) is 5.92 Å². The molecule has 21 heavy (non-hydrogen) atoms. The lowest BCUT2D eigenvalue weighted by Gasteiger charge is -2.33. The van der Waals surface area contributed by atoms with Crippen molar-refractivity contribution in [2.45, 2.75) is 38.6 Å². The molecule has 110 valence electrons. The van der Waals surface area contributed by atoms with Gasteiger partial charge in [0.25, 0.3) is 0 Å². The van der Waals surface area contributed by atoms with Crippen molar-refractivity contribution in [1.29, 1.82) is 0 Å². The molecule has 0 bridgehead atoms. The molecule has 3 rings (SSSR count). The summed E-state index contributed by atoms with van der Waals surface area (Å²) in [4.78, 5) is 0. The minimum atomic E-state index is -0.0893. The van der Waals surface area contributed by atoms with Crippen molar-refractivity contribution in [3.05, 3.63) is 70.5 Å². The molecule has 2 aromatic rings. The van der Waals surface area contributed by atoms with Gasteiger partial charge in [-0.1, -0.05) is 43.3 Å². The number of aryl methyl sites for hydroxylation is 1. The fourth-order valence-corrected chi connectivity index (χ4v) is 3.34. The summed E-state index contributed by atoms with van der Waals surface area (Å²) in [6.07, 6.45) is 2.08. The lowest BCUT2D eigenvalue weighted by Crippen LogP contribution is -2.27. The maximum Gasteiger partial charge on any atom is 0.128 e. The van der Waals surface area contributed by atoms with Crippen LogP contribution in [0.15, 0.2) is 42.5 Å². The van der Waals surface area contributed by atoms with E-state index < -0.39 is 0 Å². The van der Waals surface area contributed by atoms with Gasteiger partial charge in [0.1, 0.15) is 5.82 Å². The molecular formula is C19H22FN. The minimum Gasteiger partial charge on any atom is -0.310 e. The maximum atomic E-state index is 14.3. The van der Waals surface area contributed by atoms with Gasteiger partial charge in [0.2, 0.25) is 0 Å². The van der Waals surface area contributed by atoms with Crippen LogP contribution in [0.5, 0.6) is 0 Å². The second-order valence-corrected chi connectivity index (χ2v) is 5.97. The summed E-state index contributed by atoms with van der Waals surface area (Å²) in [6.45, 7) is 4.86. The van der Waals surface area contributed by atoms with Crippen LogP contribution >= 0.6 is 0 Å². The van der Waals surface area contributed by atoms with Crippen LogP contribution in [0.3, 0.4) is 0 Å². The Kier molecular flexibility index (Phi) is 4.07. The number of rotatable bonds is 5. The predicted molar refractivity (Wildman–Crippen MR) is 85.1 cm³/mol. The van der Waals surface area contributed by atoms with Crippen LogP contribution in [0.2, 0.25) is 0 Å². The second kappa shape index (κ2) is 5.98. The van der Waals surface area contributed by atoms with E-state index >= 15 is 0 Å². The molecule has 2 atom stereocenters. The van der Waals surface area contributed by atoms with Gasteiger partial charge < -0.3 is 5.32 Å². The number of halogens is 1. The first kappa shape index (κ1) is 14.3. The molecule has 0 fully saturated rings. The Morgan fingerprint density at radius 1 is 1.24 bits per heavy atom. The van der Waals surface area contributed by atoms with Gasteiger partial charge in [-0.05, 0) is 55.0 Å². The fourth-order valence-electron chi connectivity index (χ4n) is 3.34. The Morgan fingerprint density at radius 3 is 2.76 bits per heavy atom. The highest BCUT2D eigenvalue weighted by atomic mass is 19.1. The van der Waals surface area contributed by atoms with Crippen LogP contribution < -0.4 is 5.32 Å². The van der Waals surface area contributed by atoms with E-state index in [1.807, 2.05) is 19.1 Å². The summed E-state index contributed by atoms with van der Waals surface area (Å²) in [5.41, 5.74) is 4.65. The first-order valence-electron chi connectivity index (χ1n) is 7.76. The van der Waals surface area contributed by atoms with Crippen molar-refractivity contribution in [3.8, 4) is 0 Å². The quantitative estimate of drug-likeness (QED) is 0.851. The van der Waals surface area contributed by atoms with Crippen molar-refractivity contribution in [1.82, 2.24) is 5.32 Å². The standard InChI is InChI=1S/C19H22FN/c1-3-21-19(17-9-8-13(2)10-18(17)20)12-15-11-14-6-4-5-7-16(14)15/h4-10,15,19,21H,3,11-12H2,1-2H3. The van der Waals surface area contributed by atoms with Crippen LogP contribution in [0, 0.1) is 12.7 Å². The summed E-state index contributed by atoms with van der Waals surface area (Å²) >= 11 is 0. The molecule has 1 nitrogen and oxygen atoms in total. The van der Waals surface area contributed by atoms with Crippen molar-refractivity contribution in [2.75, 3.05) is 6.54 Å². The molecule has 1 N–H and O–H groups in total. The summed E-state index contributed by atoms with van der Waals surface area (Å²) in [5, 5.41) is 3.45. The average Bonchev–Trinajstić information content (AvgIpc) is 2.44. The third-order valence-corrected chi connectivity index (χ3v) is 4.46. The van der Waals surface area contributed by atoms with Gasteiger partial charge in [-0.3, -0.25) is 0 Å². The first-order valence-corrected chi connectivity index (χ1v) is 7.76. The lowest BCUT2D eigenvalue weighted by molar-refractivity contribution is 0.422. The average molecular weight is 283 g/mol. The molecule has 1 aliphatic carbocycles. The Balaban J connectivity index is 1.80. The monoisotopic (exact) mass is 283 g/mol. The highest BCUT2D eigenvalue weighted by molar-refractivity contribution is 5.40. The van der Waals surface area contributed by atoms with Crippen molar-refractivity contribution in [2.24, 2.45) is 0 Å². The third kappa shape index (κ3) is 2.86. The zero-order valence-electron chi connectivity index (χ0n) is 12.7. The third-order valence-electron chi connectivity index (χ3n) is 4.46.